The van der Waals surface area contributed by atoms with Gasteiger partial charge in [0.1, 0.15) is 30.4 Å². The van der Waals surface area contributed by atoms with Crippen molar-refractivity contribution in [2.45, 2.75) is 60.0 Å². The van der Waals surface area contributed by atoms with Crippen LogP contribution >= 0.6 is 11.8 Å². The Morgan fingerprint density at radius 2 is 1.56 bits per heavy atom. The second-order valence-electron chi connectivity index (χ2n) is 9.67. The highest BCUT2D eigenvalue weighted by molar-refractivity contribution is 7.98. The van der Waals surface area contributed by atoms with Gasteiger partial charge >= 0.3 is 0 Å². The van der Waals surface area contributed by atoms with Crippen molar-refractivity contribution in [3.63, 3.8) is 0 Å². The molecular formula is C24H29NO5S2. The molecule has 4 heterocycles. The molecule has 32 heavy (non-hydrogen) atoms. The van der Waals surface area contributed by atoms with E-state index in [0.717, 1.165) is 23.1 Å². The lowest BCUT2D eigenvalue weighted by Crippen LogP contribution is -2.59. The number of piperidine rings is 1. The molecule has 0 spiro atoms. The maximum atomic E-state index is 9.08. The molecular weight excluding hydrogens is 446 g/mol. The Bertz CT molecular complexity index is 1040. The number of benzene rings is 2. The van der Waals surface area contributed by atoms with Crippen molar-refractivity contribution in [3.8, 4) is 0 Å². The van der Waals surface area contributed by atoms with Gasteiger partial charge in [-0.15, -0.1) is 11.8 Å². The number of quaternary nitrogens is 1. The summed E-state index contributed by atoms with van der Waals surface area (Å²) >= 11 is 1.94. The molecule has 0 aromatic heterocycles. The molecule has 6 rings (SSSR count). The minimum Gasteiger partial charge on any atom is -0.748 e. The van der Waals surface area contributed by atoms with Crippen molar-refractivity contribution in [3.05, 3.63) is 65.2 Å². The second-order valence-corrected chi connectivity index (χ2v) is 12.1. The van der Waals surface area contributed by atoms with Crippen LogP contribution in [-0.4, -0.2) is 68.2 Å². The Kier molecular flexibility index (Phi) is 5.67. The van der Waals surface area contributed by atoms with Crippen LogP contribution < -0.4 is 0 Å². The first-order chi connectivity index (χ1) is 15.1. The highest BCUT2D eigenvalue weighted by Gasteiger charge is 2.70. The monoisotopic (exact) mass is 475 g/mol. The number of epoxide rings is 1. The molecule has 172 valence electrons. The number of likely N-dealkylation sites (N-methyl/N-ethyl adjacent to an activating group) is 1. The molecule has 4 aliphatic heterocycles. The van der Waals surface area contributed by atoms with Gasteiger partial charge in [0.05, 0.1) is 30.3 Å². The molecule has 6 atom stereocenters. The summed E-state index contributed by atoms with van der Waals surface area (Å²) in [5.74, 6) is 1.02. The van der Waals surface area contributed by atoms with Crippen molar-refractivity contribution in [2.24, 2.45) is 0 Å². The van der Waals surface area contributed by atoms with Crippen molar-refractivity contribution in [1.29, 1.82) is 0 Å². The zero-order valence-electron chi connectivity index (χ0n) is 18.5. The maximum absolute atomic E-state index is 9.08. The fourth-order valence-corrected chi connectivity index (χ4v) is 6.82. The molecule has 0 saturated carbocycles. The molecule has 0 N–H and O–H groups in total. The molecule has 8 heteroatoms. The van der Waals surface area contributed by atoms with Gasteiger partial charge in [-0.25, -0.2) is 8.42 Å². The number of hydrogen-bond donors (Lipinski definition) is 0. The van der Waals surface area contributed by atoms with Gasteiger partial charge in [-0.3, -0.25) is 0 Å². The third-order valence-electron chi connectivity index (χ3n) is 7.29. The predicted octanol–water partition coefficient (Wildman–Crippen LogP) is 3.32. The van der Waals surface area contributed by atoms with Crippen LogP contribution in [0.15, 0.2) is 53.4 Å². The van der Waals surface area contributed by atoms with Crippen LogP contribution in [0, 0.1) is 0 Å². The third-order valence-corrected chi connectivity index (χ3v) is 8.43. The van der Waals surface area contributed by atoms with E-state index < -0.39 is 10.1 Å². The van der Waals surface area contributed by atoms with E-state index in [1.807, 2.05) is 11.8 Å². The summed E-state index contributed by atoms with van der Waals surface area (Å²) < 4.78 is 41.2. The highest BCUT2D eigenvalue weighted by atomic mass is 32.2. The van der Waals surface area contributed by atoms with E-state index in [9.17, 15) is 0 Å². The normalized spacial score (nSPS) is 33.6. The SMILES string of the molecule is CS(=O)(=O)[O-].C[N+]1(C)[C@@H]2CC(OC3c4ccccc4CSc4ccccc43)C[C@@H]1[C@H]1O[C@H]12. The van der Waals surface area contributed by atoms with E-state index >= 15 is 0 Å². The summed E-state index contributed by atoms with van der Waals surface area (Å²) in [6, 6.07) is 18.8. The van der Waals surface area contributed by atoms with Crippen LogP contribution in [0.4, 0.5) is 0 Å². The van der Waals surface area contributed by atoms with Gasteiger partial charge < -0.3 is 18.5 Å². The van der Waals surface area contributed by atoms with Gasteiger partial charge in [-0.1, -0.05) is 42.5 Å². The lowest BCUT2D eigenvalue weighted by atomic mass is 9.94. The zero-order chi connectivity index (χ0) is 22.7. The summed E-state index contributed by atoms with van der Waals surface area (Å²) in [6.07, 6.45) is 4.13. The third kappa shape index (κ3) is 4.24. The Morgan fingerprint density at radius 3 is 2.22 bits per heavy atom. The van der Waals surface area contributed by atoms with E-state index in [-0.39, 0.29) is 6.10 Å². The van der Waals surface area contributed by atoms with E-state index in [4.69, 9.17) is 22.4 Å². The molecule has 2 aromatic rings. The van der Waals surface area contributed by atoms with E-state index in [1.165, 1.54) is 21.6 Å². The minimum absolute atomic E-state index is 0.0442. The number of hydrogen-bond acceptors (Lipinski definition) is 6. The summed E-state index contributed by atoms with van der Waals surface area (Å²) in [5.41, 5.74) is 4.09. The number of fused-ring (bicyclic) bond motifs is 7. The van der Waals surface area contributed by atoms with Crippen LogP contribution in [-0.2, 0) is 25.3 Å². The number of ether oxygens (including phenoxy) is 2. The average molecular weight is 476 g/mol. The van der Waals surface area contributed by atoms with Crippen LogP contribution in [0.1, 0.15) is 35.6 Å². The molecule has 2 aromatic carbocycles. The van der Waals surface area contributed by atoms with Gasteiger partial charge in [-0.05, 0) is 22.8 Å². The molecule has 6 nitrogen and oxygen atoms in total. The largest absolute Gasteiger partial charge is 0.748 e. The van der Waals surface area contributed by atoms with E-state index in [2.05, 4.69) is 62.6 Å². The number of nitrogens with zero attached hydrogens (tertiary/aromatic N) is 1. The van der Waals surface area contributed by atoms with Gasteiger partial charge in [-0.2, -0.15) is 0 Å². The Balaban J connectivity index is 0.000000393. The van der Waals surface area contributed by atoms with Crippen molar-refractivity contribution < 1.29 is 26.9 Å². The van der Waals surface area contributed by atoms with Crippen molar-refractivity contribution in [2.75, 3.05) is 20.4 Å². The fraction of sp³-hybridized carbons (Fsp3) is 0.500. The Hall–Kier alpha value is -1.42. The van der Waals surface area contributed by atoms with Crippen molar-refractivity contribution >= 4 is 21.9 Å². The van der Waals surface area contributed by atoms with Crippen LogP contribution in [0.25, 0.3) is 0 Å². The highest BCUT2D eigenvalue weighted by Crippen LogP contribution is 2.53. The predicted molar refractivity (Wildman–Crippen MR) is 122 cm³/mol. The van der Waals surface area contributed by atoms with Crippen LogP contribution in [0.5, 0.6) is 0 Å². The number of rotatable bonds is 2. The fourth-order valence-electron chi connectivity index (χ4n) is 5.73. The number of morpholine rings is 1. The van der Waals surface area contributed by atoms with Gasteiger partial charge in [0.2, 0.25) is 0 Å². The lowest BCUT2D eigenvalue weighted by Gasteiger charge is -2.46. The summed E-state index contributed by atoms with van der Waals surface area (Å²) in [4.78, 5) is 1.36. The zero-order valence-corrected chi connectivity index (χ0v) is 20.1. The summed E-state index contributed by atoms with van der Waals surface area (Å²) in [5, 5.41) is 0. The topological polar surface area (TPSA) is 79.0 Å². The molecule has 2 unspecified atom stereocenters. The first-order valence-electron chi connectivity index (χ1n) is 11.0. The minimum atomic E-state index is -3.92. The standard InChI is InChI=1S/C23H26NO2S.CH4O3S/c1-24(2)18-11-15(12-19(24)23-22(18)26-23)25-21-16-8-4-3-7-14(16)13-27-20-10-6-5-9-17(20)21;1-5(2,3)4/h3-10,15,18-19,21-23H,11-13H2,1-2H3;1H3,(H,2,3,4)/q+1;/p-1/t15?,18-,19-,21?,22-,23+;/m1./s1. The lowest BCUT2D eigenvalue weighted by molar-refractivity contribution is -0.938. The van der Waals surface area contributed by atoms with Crippen molar-refractivity contribution in [1.82, 2.24) is 0 Å². The van der Waals surface area contributed by atoms with Gasteiger partial charge in [0, 0.05) is 29.7 Å². The van der Waals surface area contributed by atoms with Crippen LogP contribution in [0.3, 0.4) is 0 Å². The first kappa shape index (κ1) is 22.4. The smallest absolute Gasteiger partial charge is 0.142 e. The van der Waals surface area contributed by atoms with Gasteiger partial charge in [0.25, 0.3) is 0 Å². The Labute approximate surface area is 194 Å². The molecule has 3 fully saturated rings. The molecule has 2 bridgehead atoms. The maximum Gasteiger partial charge on any atom is 0.142 e. The first-order valence-corrected chi connectivity index (χ1v) is 13.8. The van der Waals surface area contributed by atoms with E-state index in [0.29, 0.717) is 36.7 Å². The number of thioether (sulfide) groups is 1. The second kappa shape index (κ2) is 8.11. The molecule has 3 saturated heterocycles. The van der Waals surface area contributed by atoms with E-state index in [1.54, 1.807) is 0 Å². The molecule has 0 radical (unpaired) electrons. The Morgan fingerprint density at radius 1 is 1.00 bits per heavy atom. The quantitative estimate of drug-likeness (QED) is 0.377. The molecule has 4 aliphatic rings. The molecule has 0 amide bonds. The van der Waals surface area contributed by atoms with Crippen LogP contribution in [0.2, 0.25) is 0 Å². The molecule has 0 aliphatic carbocycles. The van der Waals surface area contributed by atoms with Gasteiger partial charge in [0.15, 0.2) is 0 Å². The summed E-state index contributed by atoms with van der Waals surface area (Å²) in [6.45, 7) is 0. The summed E-state index contributed by atoms with van der Waals surface area (Å²) in [7, 11) is 0.849. The average Bonchev–Trinajstić information content (AvgIpc) is 3.49.